The molecule has 0 atom stereocenters. The fraction of sp³-hybridized carbons (Fsp3) is 0.125. The highest BCUT2D eigenvalue weighted by Gasteiger charge is 2.17. The van der Waals surface area contributed by atoms with E-state index in [1.807, 2.05) is 0 Å². The van der Waals surface area contributed by atoms with Crippen molar-refractivity contribution in [2.24, 2.45) is 0 Å². The van der Waals surface area contributed by atoms with Crippen LogP contribution in [0.1, 0.15) is 10.4 Å². The number of hydrogen-bond donors (Lipinski definition) is 1. The molecule has 0 aliphatic carbocycles. The third-order valence-electron chi connectivity index (χ3n) is 1.45. The lowest BCUT2D eigenvalue weighted by Gasteiger charge is -2.08. The lowest BCUT2D eigenvalue weighted by atomic mass is 10.2. The van der Waals surface area contributed by atoms with Crippen LogP contribution in [0.15, 0.2) is 12.1 Å². The maximum absolute atomic E-state index is 11.9. The van der Waals surface area contributed by atoms with Gasteiger partial charge in [0.2, 0.25) is 0 Å². The summed E-state index contributed by atoms with van der Waals surface area (Å²) < 4.78 is 27.8. The Labute approximate surface area is 93.2 Å². The number of benzene rings is 1. The zero-order chi connectivity index (χ0) is 11.6. The van der Waals surface area contributed by atoms with Gasteiger partial charge in [0.1, 0.15) is 5.75 Å². The van der Waals surface area contributed by atoms with E-state index in [2.05, 4.69) is 4.74 Å². The van der Waals surface area contributed by atoms with Gasteiger partial charge in [0.15, 0.2) is 0 Å². The van der Waals surface area contributed by atoms with Crippen molar-refractivity contribution >= 4 is 29.2 Å². The van der Waals surface area contributed by atoms with Gasteiger partial charge in [0, 0.05) is 11.1 Å². The molecule has 0 saturated carbocycles. The van der Waals surface area contributed by atoms with Crippen LogP contribution >= 0.6 is 23.2 Å². The van der Waals surface area contributed by atoms with Crippen molar-refractivity contribution in [3.63, 3.8) is 0 Å². The average molecular weight is 257 g/mol. The summed E-state index contributed by atoms with van der Waals surface area (Å²) in [5.74, 6) is -1.84. The Morgan fingerprint density at radius 2 is 2.00 bits per heavy atom. The van der Waals surface area contributed by atoms with Gasteiger partial charge in [-0.15, -0.1) is 0 Å². The minimum absolute atomic E-state index is 0.0487. The number of halogens is 4. The van der Waals surface area contributed by atoms with Crippen LogP contribution in [0.25, 0.3) is 0 Å². The summed E-state index contributed by atoms with van der Waals surface area (Å²) in [4.78, 5) is 10.6. The SMILES string of the molecule is O=C(O)c1cc(Cl)cc(OC(F)F)c1Cl. The Hall–Kier alpha value is -1.07. The molecule has 82 valence electrons. The molecule has 0 heterocycles. The first kappa shape index (κ1) is 12.0. The molecule has 1 aromatic rings. The fourth-order valence-electron chi connectivity index (χ4n) is 0.902. The summed E-state index contributed by atoms with van der Waals surface area (Å²) in [6.07, 6.45) is 0. The summed E-state index contributed by atoms with van der Waals surface area (Å²) in [7, 11) is 0. The van der Waals surface area contributed by atoms with E-state index in [1.54, 1.807) is 0 Å². The molecule has 1 rings (SSSR count). The zero-order valence-electron chi connectivity index (χ0n) is 7.01. The van der Waals surface area contributed by atoms with Crippen LogP contribution in [0.4, 0.5) is 8.78 Å². The Morgan fingerprint density at radius 3 is 2.47 bits per heavy atom. The van der Waals surface area contributed by atoms with Gasteiger partial charge in [-0.2, -0.15) is 8.78 Å². The van der Waals surface area contributed by atoms with E-state index in [9.17, 15) is 13.6 Å². The second-order valence-electron chi connectivity index (χ2n) is 2.45. The van der Waals surface area contributed by atoms with Crippen molar-refractivity contribution in [3.8, 4) is 5.75 Å². The standard InChI is InChI=1S/C8H4Cl2F2O3/c9-3-1-4(7(13)14)6(10)5(2-3)15-8(11)12/h1-2,8H,(H,13,14). The van der Waals surface area contributed by atoms with E-state index in [0.717, 1.165) is 12.1 Å². The molecule has 1 aromatic carbocycles. The van der Waals surface area contributed by atoms with Gasteiger partial charge in [0.25, 0.3) is 0 Å². The predicted molar refractivity (Wildman–Crippen MR) is 50.1 cm³/mol. The average Bonchev–Trinajstić information content (AvgIpc) is 2.09. The Morgan fingerprint density at radius 1 is 1.40 bits per heavy atom. The Balaban J connectivity index is 3.22. The Kier molecular flexibility index (Phi) is 3.71. The molecular formula is C8H4Cl2F2O3. The van der Waals surface area contributed by atoms with Crippen LogP contribution in [-0.4, -0.2) is 17.7 Å². The van der Waals surface area contributed by atoms with Crippen LogP contribution in [0.5, 0.6) is 5.75 Å². The molecule has 0 fully saturated rings. The van der Waals surface area contributed by atoms with E-state index in [4.69, 9.17) is 28.3 Å². The number of hydrogen-bond acceptors (Lipinski definition) is 2. The van der Waals surface area contributed by atoms with Crippen molar-refractivity contribution in [1.29, 1.82) is 0 Å². The number of alkyl halides is 2. The van der Waals surface area contributed by atoms with Gasteiger partial charge in [-0.1, -0.05) is 23.2 Å². The zero-order valence-corrected chi connectivity index (χ0v) is 8.52. The highest BCUT2D eigenvalue weighted by molar-refractivity contribution is 6.36. The van der Waals surface area contributed by atoms with Gasteiger partial charge in [-0.25, -0.2) is 4.79 Å². The molecule has 0 unspecified atom stereocenters. The van der Waals surface area contributed by atoms with Gasteiger partial charge < -0.3 is 9.84 Å². The number of carboxylic acids is 1. The third-order valence-corrected chi connectivity index (χ3v) is 2.06. The first-order valence-corrected chi connectivity index (χ1v) is 4.34. The smallest absolute Gasteiger partial charge is 0.387 e. The largest absolute Gasteiger partial charge is 0.478 e. The fourth-order valence-corrected chi connectivity index (χ4v) is 1.34. The Bertz CT molecular complexity index is 396. The van der Waals surface area contributed by atoms with Gasteiger partial charge in [-0.05, 0) is 6.07 Å². The maximum Gasteiger partial charge on any atom is 0.387 e. The molecule has 0 amide bonds. The number of carboxylic acid groups (broad SMARTS) is 1. The molecule has 0 aromatic heterocycles. The minimum Gasteiger partial charge on any atom is -0.478 e. The monoisotopic (exact) mass is 256 g/mol. The van der Waals surface area contributed by atoms with Crippen LogP contribution < -0.4 is 4.74 Å². The highest BCUT2D eigenvalue weighted by Crippen LogP contribution is 2.33. The molecular weight excluding hydrogens is 253 g/mol. The topological polar surface area (TPSA) is 46.5 Å². The van der Waals surface area contributed by atoms with Gasteiger partial charge in [0.05, 0.1) is 10.6 Å². The van der Waals surface area contributed by atoms with E-state index >= 15 is 0 Å². The number of ether oxygens (including phenoxy) is 1. The molecule has 0 spiro atoms. The molecule has 1 N–H and O–H groups in total. The second-order valence-corrected chi connectivity index (χ2v) is 3.26. The summed E-state index contributed by atoms with van der Waals surface area (Å²) in [6, 6.07) is 2.06. The van der Waals surface area contributed by atoms with E-state index < -0.39 is 23.4 Å². The summed E-state index contributed by atoms with van der Waals surface area (Å²) in [5.41, 5.74) is -0.389. The van der Waals surface area contributed by atoms with E-state index in [-0.39, 0.29) is 10.6 Å². The van der Waals surface area contributed by atoms with Crippen molar-refractivity contribution in [3.05, 3.63) is 27.7 Å². The van der Waals surface area contributed by atoms with E-state index in [0.29, 0.717) is 0 Å². The van der Waals surface area contributed by atoms with Crippen LogP contribution in [0, 0.1) is 0 Å². The van der Waals surface area contributed by atoms with Gasteiger partial charge in [-0.3, -0.25) is 0 Å². The number of carbonyl (C=O) groups is 1. The first-order valence-electron chi connectivity index (χ1n) is 3.59. The molecule has 0 radical (unpaired) electrons. The number of rotatable bonds is 3. The normalized spacial score (nSPS) is 10.5. The van der Waals surface area contributed by atoms with Crippen LogP contribution in [-0.2, 0) is 0 Å². The van der Waals surface area contributed by atoms with Gasteiger partial charge >= 0.3 is 12.6 Å². The summed E-state index contributed by atoms with van der Waals surface area (Å²) >= 11 is 11.0. The molecule has 0 saturated heterocycles. The number of aromatic carboxylic acids is 1. The van der Waals surface area contributed by atoms with Crippen molar-refractivity contribution in [1.82, 2.24) is 0 Å². The third kappa shape index (κ3) is 2.94. The minimum atomic E-state index is -3.09. The highest BCUT2D eigenvalue weighted by atomic mass is 35.5. The summed E-state index contributed by atoms with van der Waals surface area (Å²) in [5, 5.41) is 8.20. The van der Waals surface area contributed by atoms with Crippen molar-refractivity contribution in [2.75, 3.05) is 0 Å². The second kappa shape index (κ2) is 4.63. The van der Waals surface area contributed by atoms with Crippen LogP contribution in [0.2, 0.25) is 10.0 Å². The molecule has 3 nitrogen and oxygen atoms in total. The molecule has 0 aliphatic heterocycles. The lowest BCUT2D eigenvalue weighted by Crippen LogP contribution is -2.05. The maximum atomic E-state index is 11.9. The quantitative estimate of drug-likeness (QED) is 0.903. The predicted octanol–water partition coefficient (Wildman–Crippen LogP) is 3.29. The molecule has 15 heavy (non-hydrogen) atoms. The van der Waals surface area contributed by atoms with Crippen molar-refractivity contribution < 1.29 is 23.4 Å². The molecule has 7 heteroatoms. The lowest BCUT2D eigenvalue weighted by molar-refractivity contribution is -0.0498. The van der Waals surface area contributed by atoms with E-state index in [1.165, 1.54) is 0 Å². The summed E-state index contributed by atoms with van der Waals surface area (Å²) in [6.45, 7) is -3.09. The molecule has 0 bridgehead atoms. The van der Waals surface area contributed by atoms with Crippen molar-refractivity contribution in [2.45, 2.75) is 6.61 Å². The molecule has 0 aliphatic rings. The first-order chi connectivity index (χ1) is 6.91. The van der Waals surface area contributed by atoms with Crippen LogP contribution in [0.3, 0.4) is 0 Å².